The van der Waals surface area contributed by atoms with Crippen molar-refractivity contribution in [2.45, 2.75) is 18.4 Å². The molecule has 0 aliphatic heterocycles. The molecule has 0 fully saturated rings. The predicted molar refractivity (Wildman–Crippen MR) is 82.6 cm³/mol. The van der Waals surface area contributed by atoms with Crippen molar-refractivity contribution >= 4 is 27.5 Å². The fourth-order valence-electron chi connectivity index (χ4n) is 1.77. The van der Waals surface area contributed by atoms with E-state index in [0.29, 0.717) is 5.02 Å². The summed E-state index contributed by atoms with van der Waals surface area (Å²) in [6, 6.07) is 9.22. The number of hydrogen-bond donors (Lipinski definition) is 1. The molecule has 6 nitrogen and oxygen atoms in total. The van der Waals surface area contributed by atoms with Crippen LogP contribution in [-0.4, -0.2) is 18.9 Å². The molecule has 0 radical (unpaired) electrons. The lowest BCUT2D eigenvalue weighted by atomic mass is 10.2. The first-order valence-corrected chi connectivity index (χ1v) is 8.12. The predicted octanol–water partition coefficient (Wildman–Crippen LogP) is 1.22. The van der Waals surface area contributed by atoms with E-state index in [9.17, 15) is 13.2 Å². The molecule has 0 saturated carbocycles. The smallest absolute Gasteiger partial charge is 0.284 e. The molecule has 1 aromatic heterocycles. The van der Waals surface area contributed by atoms with E-state index < -0.39 is 15.9 Å². The summed E-state index contributed by atoms with van der Waals surface area (Å²) >= 11 is 5.84. The second-order valence-electron chi connectivity index (χ2n) is 4.68. The van der Waals surface area contributed by atoms with E-state index in [-0.39, 0.29) is 16.9 Å². The number of rotatable bonds is 4. The number of benzene rings is 1. The highest BCUT2D eigenvalue weighted by atomic mass is 35.5. The van der Waals surface area contributed by atoms with Gasteiger partial charge in [0.05, 0.1) is 9.92 Å². The molecule has 1 heterocycles. The first-order valence-electron chi connectivity index (χ1n) is 6.30. The summed E-state index contributed by atoms with van der Waals surface area (Å²) in [7, 11) is -3.89. The molecule has 0 atom stereocenters. The van der Waals surface area contributed by atoms with Crippen LogP contribution in [0.25, 0.3) is 0 Å². The highest BCUT2D eigenvalue weighted by Crippen LogP contribution is 2.12. The topological polar surface area (TPSA) is 94.5 Å². The molecule has 22 heavy (non-hydrogen) atoms. The molecular formula is C14H14ClN3O3S. The van der Waals surface area contributed by atoms with Gasteiger partial charge >= 0.3 is 0 Å². The van der Waals surface area contributed by atoms with Crippen molar-refractivity contribution in [1.82, 2.24) is 4.57 Å². The van der Waals surface area contributed by atoms with Crippen LogP contribution in [0.15, 0.2) is 51.9 Å². The maximum atomic E-state index is 12.3. The van der Waals surface area contributed by atoms with Crippen LogP contribution < -0.4 is 11.2 Å². The van der Waals surface area contributed by atoms with Gasteiger partial charge in [-0.2, -0.15) is 8.42 Å². The van der Waals surface area contributed by atoms with Gasteiger partial charge in [-0.1, -0.05) is 29.3 Å². The first-order chi connectivity index (χ1) is 10.3. The van der Waals surface area contributed by atoms with Gasteiger partial charge in [-0.05, 0) is 31.2 Å². The standard InChI is InChI=1S/C14H14ClN3O3S/c1-10-2-5-12(6-3-10)22(20,21)17-14-7-4-11(15)8-18(14)9-13(16)19/h2-8H,9H2,1H3,(H2,16,19). The molecule has 0 bridgehead atoms. The second kappa shape index (κ2) is 6.33. The molecule has 2 rings (SSSR count). The fraction of sp³-hybridized carbons (Fsp3) is 0.143. The Labute approximate surface area is 132 Å². The molecule has 8 heteroatoms. The quantitative estimate of drug-likeness (QED) is 0.907. The number of hydrogen-bond acceptors (Lipinski definition) is 3. The van der Waals surface area contributed by atoms with Gasteiger partial charge in [-0.25, -0.2) is 0 Å². The van der Waals surface area contributed by atoms with E-state index in [1.54, 1.807) is 12.1 Å². The Bertz CT molecular complexity index is 871. The maximum Gasteiger partial charge on any atom is 0.284 e. The number of aromatic nitrogens is 1. The van der Waals surface area contributed by atoms with E-state index in [2.05, 4.69) is 4.40 Å². The largest absolute Gasteiger partial charge is 0.368 e. The Kier molecular flexibility index (Phi) is 4.68. The molecule has 0 spiro atoms. The zero-order valence-electron chi connectivity index (χ0n) is 11.7. The first kappa shape index (κ1) is 16.3. The van der Waals surface area contributed by atoms with E-state index in [1.807, 2.05) is 6.92 Å². The molecule has 0 saturated heterocycles. The number of halogens is 1. The number of amides is 1. The lowest BCUT2D eigenvalue weighted by molar-refractivity contribution is -0.118. The lowest BCUT2D eigenvalue weighted by Gasteiger charge is -2.06. The number of primary amides is 1. The normalized spacial score (nSPS) is 12.4. The number of carbonyl (C=O) groups excluding carboxylic acids is 1. The van der Waals surface area contributed by atoms with Crippen molar-refractivity contribution < 1.29 is 13.2 Å². The third kappa shape index (κ3) is 3.96. The number of aryl methyl sites for hydroxylation is 1. The van der Waals surface area contributed by atoms with Crippen LogP contribution in [0.3, 0.4) is 0 Å². The summed E-state index contributed by atoms with van der Waals surface area (Å²) in [4.78, 5) is 11.1. The third-order valence-electron chi connectivity index (χ3n) is 2.82. The summed E-state index contributed by atoms with van der Waals surface area (Å²) in [6.07, 6.45) is 1.40. The molecule has 0 aliphatic carbocycles. The van der Waals surface area contributed by atoms with Crippen LogP contribution in [0.1, 0.15) is 5.56 Å². The molecule has 116 valence electrons. The van der Waals surface area contributed by atoms with Crippen molar-refractivity contribution in [3.8, 4) is 0 Å². The van der Waals surface area contributed by atoms with Crippen molar-refractivity contribution in [3.05, 3.63) is 58.7 Å². The molecule has 2 aromatic rings. The monoisotopic (exact) mass is 339 g/mol. The Morgan fingerprint density at radius 1 is 1.23 bits per heavy atom. The minimum absolute atomic E-state index is 0.0682. The van der Waals surface area contributed by atoms with Crippen molar-refractivity contribution in [1.29, 1.82) is 0 Å². The van der Waals surface area contributed by atoms with Gasteiger partial charge in [0.15, 0.2) is 0 Å². The average Bonchev–Trinajstić information content (AvgIpc) is 2.41. The average molecular weight is 340 g/mol. The highest BCUT2D eigenvalue weighted by Gasteiger charge is 2.12. The number of carbonyl (C=O) groups is 1. The van der Waals surface area contributed by atoms with E-state index >= 15 is 0 Å². The number of sulfonamides is 1. The minimum Gasteiger partial charge on any atom is -0.368 e. The molecular weight excluding hydrogens is 326 g/mol. The SMILES string of the molecule is Cc1ccc(S(=O)(=O)N=c2ccc(Cl)cn2CC(N)=O)cc1. The van der Waals surface area contributed by atoms with Crippen LogP contribution >= 0.6 is 11.6 Å². The number of nitrogens with zero attached hydrogens (tertiary/aromatic N) is 2. The Morgan fingerprint density at radius 2 is 1.86 bits per heavy atom. The van der Waals surface area contributed by atoms with Crippen molar-refractivity contribution in [2.75, 3.05) is 0 Å². The lowest BCUT2D eigenvalue weighted by Crippen LogP contribution is -2.28. The van der Waals surface area contributed by atoms with Crippen LogP contribution in [0.4, 0.5) is 0 Å². The van der Waals surface area contributed by atoms with E-state index in [1.165, 1.54) is 35.0 Å². The van der Waals surface area contributed by atoms with Gasteiger partial charge in [0.25, 0.3) is 10.0 Å². The molecule has 2 N–H and O–H groups in total. The summed E-state index contributed by atoms with van der Waals surface area (Å²) in [5.74, 6) is -0.628. The third-order valence-corrected chi connectivity index (χ3v) is 4.34. The number of pyridine rings is 1. The highest BCUT2D eigenvalue weighted by molar-refractivity contribution is 7.90. The zero-order chi connectivity index (χ0) is 16.3. The summed E-state index contributed by atoms with van der Waals surface area (Å²) in [5.41, 5.74) is 6.15. The molecule has 0 aliphatic rings. The van der Waals surface area contributed by atoms with Gasteiger partial charge in [0, 0.05) is 6.20 Å². The van der Waals surface area contributed by atoms with Gasteiger partial charge in [-0.15, -0.1) is 4.40 Å². The van der Waals surface area contributed by atoms with E-state index in [0.717, 1.165) is 5.56 Å². The van der Waals surface area contributed by atoms with Gasteiger partial charge in [0.2, 0.25) is 5.91 Å². The summed E-state index contributed by atoms with van der Waals surface area (Å²) in [6.45, 7) is 1.64. The molecule has 0 unspecified atom stereocenters. The van der Waals surface area contributed by atoms with Crippen molar-refractivity contribution in [3.63, 3.8) is 0 Å². The summed E-state index contributed by atoms with van der Waals surface area (Å²) < 4.78 is 29.7. The Balaban J connectivity index is 2.56. The van der Waals surface area contributed by atoms with Crippen molar-refractivity contribution in [2.24, 2.45) is 10.1 Å². The zero-order valence-corrected chi connectivity index (χ0v) is 13.3. The molecule has 1 amide bonds. The maximum absolute atomic E-state index is 12.3. The second-order valence-corrected chi connectivity index (χ2v) is 6.72. The van der Waals surface area contributed by atoms with E-state index in [4.69, 9.17) is 17.3 Å². The minimum atomic E-state index is -3.89. The Hall–Kier alpha value is -2.12. The fourth-order valence-corrected chi connectivity index (χ4v) is 2.95. The van der Waals surface area contributed by atoms with Gasteiger partial charge < -0.3 is 10.3 Å². The number of nitrogens with two attached hydrogens (primary N) is 1. The molecule has 1 aromatic carbocycles. The van der Waals surface area contributed by atoms with Gasteiger partial charge in [0.1, 0.15) is 12.0 Å². The summed E-state index contributed by atoms with van der Waals surface area (Å²) in [5, 5.41) is 0.341. The van der Waals surface area contributed by atoms with Crippen LogP contribution in [-0.2, 0) is 21.4 Å². The Morgan fingerprint density at radius 3 is 2.45 bits per heavy atom. The van der Waals surface area contributed by atoms with Crippen LogP contribution in [0.2, 0.25) is 5.02 Å². The van der Waals surface area contributed by atoms with Crippen LogP contribution in [0.5, 0.6) is 0 Å². The van der Waals surface area contributed by atoms with Crippen LogP contribution in [0, 0.1) is 6.92 Å². The van der Waals surface area contributed by atoms with Gasteiger partial charge in [-0.3, -0.25) is 4.79 Å².